The van der Waals surface area contributed by atoms with Crippen molar-refractivity contribution in [1.29, 1.82) is 10.5 Å². The molecular weight excluding hydrogens is 272 g/mol. The van der Waals surface area contributed by atoms with Gasteiger partial charge in [0.2, 0.25) is 0 Å². The van der Waals surface area contributed by atoms with Gasteiger partial charge in [0.25, 0.3) is 0 Å². The zero-order chi connectivity index (χ0) is 14.5. The molecule has 2 aromatic rings. The zero-order valence-corrected chi connectivity index (χ0v) is 11.3. The summed E-state index contributed by atoms with van der Waals surface area (Å²) in [6, 6.07) is 14.5. The second kappa shape index (κ2) is 5.97. The molecule has 20 heavy (non-hydrogen) atoms. The number of rotatable bonds is 3. The van der Waals surface area contributed by atoms with Crippen LogP contribution in [0.25, 0.3) is 0 Å². The molecule has 98 valence electrons. The Kier molecular flexibility index (Phi) is 4.10. The Morgan fingerprint density at radius 3 is 2.65 bits per heavy atom. The van der Waals surface area contributed by atoms with E-state index in [1.165, 1.54) is 0 Å². The molecule has 0 aliphatic rings. The van der Waals surface area contributed by atoms with Gasteiger partial charge in [-0.1, -0.05) is 11.6 Å². The number of hydrogen-bond acceptors (Lipinski definition) is 4. The molecule has 0 saturated carbocycles. The van der Waals surface area contributed by atoms with E-state index in [9.17, 15) is 0 Å². The van der Waals surface area contributed by atoms with E-state index in [1.807, 2.05) is 0 Å². The first-order valence-electron chi connectivity index (χ1n) is 5.86. The molecule has 0 saturated heterocycles. The van der Waals surface area contributed by atoms with Crippen LogP contribution in [-0.4, -0.2) is 0 Å². The Bertz CT molecular complexity index is 726. The minimum Gasteiger partial charge on any atom is -0.398 e. The molecule has 5 heteroatoms. The minimum atomic E-state index is 0.238. The van der Waals surface area contributed by atoms with Crippen LogP contribution in [0, 0.1) is 22.7 Å². The van der Waals surface area contributed by atoms with Crippen molar-refractivity contribution >= 4 is 28.7 Å². The van der Waals surface area contributed by atoms with Crippen molar-refractivity contribution in [2.45, 2.75) is 6.42 Å². The smallest absolute Gasteiger partial charge is 0.101 e. The zero-order valence-electron chi connectivity index (χ0n) is 10.5. The maximum atomic E-state index is 9.07. The van der Waals surface area contributed by atoms with Crippen LogP contribution in [0.4, 0.5) is 17.1 Å². The molecule has 2 rings (SSSR count). The Morgan fingerprint density at radius 2 is 1.95 bits per heavy atom. The molecule has 0 unspecified atom stereocenters. The Morgan fingerprint density at radius 1 is 1.15 bits per heavy atom. The van der Waals surface area contributed by atoms with Gasteiger partial charge < -0.3 is 11.1 Å². The van der Waals surface area contributed by atoms with Gasteiger partial charge in [-0.05, 0) is 42.0 Å². The van der Waals surface area contributed by atoms with Crippen molar-refractivity contribution in [2.24, 2.45) is 0 Å². The number of anilines is 3. The number of benzene rings is 2. The van der Waals surface area contributed by atoms with Crippen LogP contribution in [0.5, 0.6) is 0 Å². The van der Waals surface area contributed by atoms with Crippen molar-refractivity contribution in [3.05, 3.63) is 52.5 Å². The van der Waals surface area contributed by atoms with Gasteiger partial charge in [0.05, 0.1) is 23.7 Å². The molecule has 3 N–H and O–H groups in total. The first-order valence-corrected chi connectivity index (χ1v) is 6.24. The monoisotopic (exact) mass is 282 g/mol. The van der Waals surface area contributed by atoms with E-state index in [0.29, 0.717) is 22.0 Å². The highest BCUT2D eigenvalue weighted by atomic mass is 35.5. The molecule has 0 aliphatic heterocycles. The molecule has 0 bridgehead atoms. The molecule has 0 amide bonds. The predicted octanol–water partition coefficient (Wildman–Crippen LogP) is 3.60. The first kappa shape index (κ1) is 13.7. The van der Waals surface area contributed by atoms with Gasteiger partial charge in [0.15, 0.2) is 0 Å². The third kappa shape index (κ3) is 3.00. The number of nitrogens with zero attached hydrogens (tertiary/aromatic N) is 2. The van der Waals surface area contributed by atoms with Crippen LogP contribution in [0.3, 0.4) is 0 Å². The van der Waals surface area contributed by atoms with Crippen molar-refractivity contribution in [1.82, 2.24) is 0 Å². The summed E-state index contributed by atoms with van der Waals surface area (Å²) in [6.07, 6.45) is 0.238. The normalized spacial score (nSPS) is 9.55. The molecule has 0 radical (unpaired) electrons. The average Bonchev–Trinajstić information content (AvgIpc) is 2.43. The highest BCUT2D eigenvalue weighted by Gasteiger charge is 2.05. The topological polar surface area (TPSA) is 85.6 Å². The molecule has 0 aliphatic carbocycles. The van der Waals surface area contributed by atoms with Crippen LogP contribution in [0.1, 0.15) is 11.1 Å². The Labute approximate surface area is 122 Å². The van der Waals surface area contributed by atoms with Crippen LogP contribution in [-0.2, 0) is 6.42 Å². The Balaban J connectivity index is 2.36. The lowest BCUT2D eigenvalue weighted by atomic mass is 10.1. The minimum absolute atomic E-state index is 0.238. The molecule has 2 aromatic carbocycles. The van der Waals surface area contributed by atoms with Gasteiger partial charge in [-0.15, -0.1) is 0 Å². The van der Waals surface area contributed by atoms with Gasteiger partial charge in [0, 0.05) is 16.4 Å². The summed E-state index contributed by atoms with van der Waals surface area (Å²) in [5.74, 6) is 0. The lowest BCUT2D eigenvalue weighted by molar-refractivity contribution is 1.27. The lowest BCUT2D eigenvalue weighted by Gasteiger charge is -2.11. The number of nitrogens with one attached hydrogen (secondary N) is 1. The highest BCUT2D eigenvalue weighted by Crippen LogP contribution is 2.26. The molecule has 0 fully saturated rings. The van der Waals surface area contributed by atoms with E-state index in [1.54, 1.807) is 36.4 Å². The summed E-state index contributed by atoms with van der Waals surface area (Å²) in [4.78, 5) is 0. The number of nitrogens with two attached hydrogens (primary N) is 1. The highest BCUT2D eigenvalue weighted by molar-refractivity contribution is 6.30. The van der Waals surface area contributed by atoms with Crippen LogP contribution in [0.15, 0.2) is 36.4 Å². The van der Waals surface area contributed by atoms with E-state index < -0.39 is 0 Å². The largest absolute Gasteiger partial charge is 0.398 e. The molecule has 4 nitrogen and oxygen atoms in total. The predicted molar refractivity (Wildman–Crippen MR) is 79.6 cm³/mol. The number of hydrogen-bond donors (Lipinski definition) is 2. The molecule has 0 spiro atoms. The molecule has 0 atom stereocenters. The van der Waals surface area contributed by atoms with Crippen molar-refractivity contribution < 1.29 is 0 Å². The van der Waals surface area contributed by atoms with Gasteiger partial charge in [-0.3, -0.25) is 0 Å². The van der Waals surface area contributed by atoms with Crippen molar-refractivity contribution in [3.63, 3.8) is 0 Å². The van der Waals surface area contributed by atoms with Crippen molar-refractivity contribution in [3.8, 4) is 12.1 Å². The van der Waals surface area contributed by atoms with Gasteiger partial charge in [-0.25, -0.2) is 0 Å². The van der Waals surface area contributed by atoms with E-state index in [4.69, 9.17) is 27.9 Å². The third-order valence-electron chi connectivity index (χ3n) is 2.79. The van der Waals surface area contributed by atoms with Gasteiger partial charge in [-0.2, -0.15) is 10.5 Å². The quantitative estimate of drug-likeness (QED) is 0.842. The second-order valence-electron chi connectivity index (χ2n) is 4.18. The summed E-state index contributed by atoms with van der Waals surface area (Å²) in [5, 5.41) is 21.5. The van der Waals surface area contributed by atoms with E-state index in [2.05, 4.69) is 17.5 Å². The lowest BCUT2D eigenvalue weighted by Crippen LogP contribution is -1.98. The van der Waals surface area contributed by atoms with Crippen LogP contribution >= 0.6 is 11.6 Å². The van der Waals surface area contributed by atoms with Crippen LogP contribution in [0.2, 0.25) is 5.02 Å². The maximum absolute atomic E-state index is 9.07. The molecule has 0 aromatic heterocycles. The standard InChI is InChI=1S/C15H11ClN4/c16-12-2-1-11(9-18)15(8-12)20-13-3-4-14(19)10(7-13)5-6-17/h1-4,7-8,20H,5,19H2. The summed E-state index contributed by atoms with van der Waals surface area (Å²) in [7, 11) is 0. The maximum Gasteiger partial charge on any atom is 0.101 e. The first-order chi connectivity index (χ1) is 9.63. The van der Waals surface area contributed by atoms with E-state index in [0.717, 1.165) is 11.3 Å². The third-order valence-corrected chi connectivity index (χ3v) is 3.03. The van der Waals surface area contributed by atoms with Crippen molar-refractivity contribution in [2.75, 3.05) is 11.1 Å². The SMILES string of the molecule is N#CCc1cc(Nc2cc(Cl)ccc2C#N)ccc1N. The second-order valence-corrected chi connectivity index (χ2v) is 4.61. The fourth-order valence-electron chi connectivity index (χ4n) is 1.79. The Hall–Kier alpha value is -2.69. The van der Waals surface area contributed by atoms with E-state index in [-0.39, 0.29) is 6.42 Å². The number of halogens is 1. The number of nitrogen functional groups attached to an aromatic ring is 1. The van der Waals surface area contributed by atoms with Gasteiger partial charge in [0.1, 0.15) is 6.07 Å². The fraction of sp³-hybridized carbons (Fsp3) is 0.0667. The summed E-state index contributed by atoms with van der Waals surface area (Å²) >= 11 is 5.93. The number of nitriles is 2. The molecule has 0 heterocycles. The summed E-state index contributed by atoms with van der Waals surface area (Å²) < 4.78 is 0. The van der Waals surface area contributed by atoms with Crippen LogP contribution < -0.4 is 11.1 Å². The fourth-order valence-corrected chi connectivity index (χ4v) is 1.97. The summed E-state index contributed by atoms with van der Waals surface area (Å²) in [6.45, 7) is 0. The average molecular weight is 283 g/mol. The summed E-state index contributed by atoms with van der Waals surface area (Å²) in [5.41, 5.74) is 8.98. The van der Waals surface area contributed by atoms with E-state index >= 15 is 0 Å². The van der Waals surface area contributed by atoms with Gasteiger partial charge >= 0.3 is 0 Å². The molecular formula is C15H11ClN4.